The Hall–Kier alpha value is -1.23. The van der Waals surface area contributed by atoms with Gasteiger partial charge in [-0.3, -0.25) is 0 Å². The van der Waals surface area contributed by atoms with Crippen LogP contribution in [0, 0.1) is 25.7 Å². The summed E-state index contributed by atoms with van der Waals surface area (Å²) in [5.41, 5.74) is 1.79. The third kappa shape index (κ3) is 1.03. The number of rotatable bonds is 0. The Kier molecular flexibility index (Phi) is 1.77. The highest BCUT2D eigenvalue weighted by Crippen LogP contribution is 2.09. The average Bonchev–Trinajstić information content (AvgIpc) is 2.20. The Morgan fingerprint density at radius 2 is 2.10 bits per heavy atom. The van der Waals surface area contributed by atoms with Crippen molar-refractivity contribution in [1.82, 2.24) is 5.16 Å². The Bertz CT molecular complexity index is 268. The van der Waals surface area contributed by atoms with Crippen LogP contribution in [-0.4, -0.2) is 5.16 Å². The monoisotopic (exact) mass is 135 g/mol. The lowest BCUT2D eigenvalue weighted by molar-refractivity contribution is 0.393. The molecule has 52 valence electrons. The van der Waals surface area contributed by atoms with Crippen molar-refractivity contribution in [1.29, 1.82) is 0 Å². The van der Waals surface area contributed by atoms with Crippen LogP contribution < -0.4 is 0 Å². The maximum Gasteiger partial charge on any atom is 0.149 e. The zero-order chi connectivity index (χ0) is 7.56. The second-order valence-corrected chi connectivity index (χ2v) is 2.07. The normalized spacial score (nSPS) is 8.70. The summed E-state index contributed by atoms with van der Waals surface area (Å²) < 4.78 is 4.90. The fourth-order valence-corrected chi connectivity index (χ4v) is 0.786. The molecule has 0 aliphatic rings. The molecule has 0 fully saturated rings. The predicted molar refractivity (Wildman–Crippen MR) is 38.5 cm³/mol. The predicted octanol–water partition coefficient (Wildman–Crippen LogP) is 1.66. The van der Waals surface area contributed by atoms with Gasteiger partial charge in [-0.15, -0.1) is 5.92 Å². The van der Waals surface area contributed by atoms with Crippen molar-refractivity contribution in [3.8, 4) is 11.8 Å². The molecule has 0 unspecified atom stereocenters. The molecule has 0 spiro atoms. The van der Waals surface area contributed by atoms with Crippen LogP contribution in [0.2, 0.25) is 0 Å². The highest BCUT2D eigenvalue weighted by Gasteiger charge is 2.03. The summed E-state index contributed by atoms with van der Waals surface area (Å²) in [7, 11) is 0. The number of aromatic nitrogens is 1. The van der Waals surface area contributed by atoms with Gasteiger partial charge in [-0.1, -0.05) is 11.1 Å². The van der Waals surface area contributed by atoms with E-state index in [1.165, 1.54) is 0 Å². The van der Waals surface area contributed by atoms with Gasteiger partial charge in [-0.05, 0) is 20.8 Å². The van der Waals surface area contributed by atoms with E-state index in [0.29, 0.717) is 0 Å². The quantitative estimate of drug-likeness (QED) is 0.506. The van der Waals surface area contributed by atoms with Crippen molar-refractivity contribution in [2.45, 2.75) is 20.8 Å². The number of hydrogen-bond acceptors (Lipinski definition) is 2. The third-order valence-corrected chi connectivity index (χ3v) is 1.28. The number of hydrogen-bond donors (Lipinski definition) is 0. The molecule has 2 heteroatoms. The van der Waals surface area contributed by atoms with Gasteiger partial charge in [0.2, 0.25) is 0 Å². The van der Waals surface area contributed by atoms with Gasteiger partial charge in [0.1, 0.15) is 5.76 Å². The molecule has 10 heavy (non-hydrogen) atoms. The van der Waals surface area contributed by atoms with Crippen LogP contribution in [0.3, 0.4) is 0 Å². The summed E-state index contributed by atoms with van der Waals surface area (Å²) in [4.78, 5) is 0. The summed E-state index contributed by atoms with van der Waals surface area (Å²) in [5.74, 6) is 6.52. The molecule has 0 atom stereocenters. The van der Waals surface area contributed by atoms with Crippen LogP contribution >= 0.6 is 0 Å². The first-order chi connectivity index (χ1) is 4.75. The molecule has 0 aromatic carbocycles. The van der Waals surface area contributed by atoms with Gasteiger partial charge in [0.15, 0.2) is 0 Å². The first-order valence-electron chi connectivity index (χ1n) is 3.11. The van der Waals surface area contributed by atoms with E-state index in [-0.39, 0.29) is 0 Å². The Morgan fingerprint density at radius 3 is 2.50 bits per heavy atom. The highest BCUT2D eigenvalue weighted by atomic mass is 16.5. The van der Waals surface area contributed by atoms with Gasteiger partial charge >= 0.3 is 0 Å². The third-order valence-electron chi connectivity index (χ3n) is 1.28. The molecule has 1 rings (SSSR count). The summed E-state index contributed by atoms with van der Waals surface area (Å²) in [5, 5.41) is 3.76. The van der Waals surface area contributed by atoms with Gasteiger partial charge in [-0.25, -0.2) is 0 Å². The summed E-state index contributed by atoms with van der Waals surface area (Å²) in [6.07, 6.45) is 0. The smallest absolute Gasteiger partial charge is 0.149 e. The van der Waals surface area contributed by atoms with E-state index >= 15 is 0 Å². The molecule has 0 saturated carbocycles. The molecule has 0 N–H and O–H groups in total. The topological polar surface area (TPSA) is 26.0 Å². The van der Waals surface area contributed by atoms with Crippen molar-refractivity contribution in [3.63, 3.8) is 0 Å². The largest absolute Gasteiger partial charge is 0.360 e. The Morgan fingerprint density at radius 1 is 1.40 bits per heavy atom. The Labute approximate surface area is 60.2 Å². The van der Waals surface area contributed by atoms with Crippen molar-refractivity contribution in [2.75, 3.05) is 0 Å². The summed E-state index contributed by atoms with van der Waals surface area (Å²) in [6, 6.07) is 0. The molecular weight excluding hydrogens is 126 g/mol. The van der Waals surface area contributed by atoms with Crippen molar-refractivity contribution >= 4 is 0 Å². The van der Waals surface area contributed by atoms with Gasteiger partial charge < -0.3 is 4.52 Å². The lowest BCUT2D eigenvalue weighted by Crippen LogP contribution is -1.77. The molecule has 0 radical (unpaired) electrons. The van der Waals surface area contributed by atoms with Crippen LogP contribution in [0.1, 0.15) is 23.9 Å². The Balaban J connectivity index is 3.18. The number of nitrogens with zero attached hydrogens (tertiary/aromatic N) is 1. The molecule has 0 saturated heterocycles. The SMILES string of the molecule is CC#Cc1c(C)noc1C. The molecule has 0 amide bonds. The lowest BCUT2D eigenvalue weighted by atomic mass is 10.2. The maximum atomic E-state index is 4.90. The molecule has 1 aromatic heterocycles. The molecule has 0 aliphatic carbocycles. The van der Waals surface area contributed by atoms with Crippen LogP contribution in [0.25, 0.3) is 0 Å². The molecule has 0 aliphatic heterocycles. The summed E-state index contributed by atoms with van der Waals surface area (Å²) in [6.45, 7) is 5.54. The van der Waals surface area contributed by atoms with E-state index < -0.39 is 0 Å². The van der Waals surface area contributed by atoms with Gasteiger partial charge in [-0.2, -0.15) is 0 Å². The van der Waals surface area contributed by atoms with Crippen LogP contribution in [-0.2, 0) is 0 Å². The molecule has 1 aromatic rings. The van der Waals surface area contributed by atoms with E-state index in [4.69, 9.17) is 4.52 Å². The zero-order valence-electron chi connectivity index (χ0n) is 6.36. The lowest BCUT2D eigenvalue weighted by Gasteiger charge is -1.81. The minimum Gasteiger partial charge on any atom is -0.360 e. The fraction of sp³-hybridized carbons (Fsp3) is 0.375. The minimum atomic E-state index is 0.798. The van der Waals surface area contributed by atoms with Gasteiger partial charge in [0.25, 0.3) is 0 Å². The number of aryl methyl sites for hydroxylation is 2. The van der Waals surface area contributed by atoms with E-state index in [2.05, 4.69) is 17.0 Å². The minimum absolute atomic E-state index is 0.798. The average molecular weight is 135 g/mol. The van der Waals surface area contributed by atoms with Crippen LogP contribution in [0.15, 0.2) is 4.52 Å². The first-order valence-corrected chi connectivity index (χ1v) is 3.11. The van der Waals surface area contributed by atoms with E-state index in [1.54, 1.807) is 6.92 Å². The second kappa shape index (κ2) is 2.57. The maximum absolute atomic E-state index is 4.90. The summed E-state index contributed by atoms with van der Waals surface area (Å²) >= 11 is 0. The van der Waals surface area contributed by atoms with E-state index in [1.807, 2.05) is 13.8 Å². The van der Waals surface area contributed by atoms with Gasteiger partial charge in [0, 0.05) is 0 Å². The fourth-order valence-electron chi connectivity index (χ4n) is 0.786. The standard InChI is InChI=1S/C8H9NO/c1-4-5-8-6(2)9-10-7(8)3/h1-3H3. The second-order valence-electron chi connectivity index (χ2n) is 2.07. The van der Waals surface area contributed by atoms with Crippen molar-refractivity contribution in [3.05, 3.63) is 17.0 Å². The van der Waals surface area contributed by atoms with Crippen molar-refractivity contribution < 1.29 is 4.52 Å². The molecular formula is C8H9NO. The van der Waals surface area contributed by atoms with E-state index in [9.17, 15) is 0 Å². The van der Waals surface area contributed by atoms with Crippen LogP contribution in [0.5, 0.6) is 0 Å². The van der Waals surface area contributed by atoms with E-state index in [0.717, 1.165) is 17.0 Å². The molecule has 0 bridgehead atoms. The van der Waals surface area contributed by atoms with Crippen molar-refractivity contribution in [2.24, 2.45) is 0 Å². The molecule has 1 heterocycles. The molecule has 2 nitrogen and oxygen atoms in total. The van der Waals surface area contributed by atoms with Crippen LogP contribution in [0.4, 0.5) is 0 Å². The highest BCUT2D eigenvalue weighted by molar-refractivity contribution is 5.38. The zero-order valence-corrected chi connectivity index (χ0v) is 6.36. The van der Waals surface area contributed by atoms with Gasteiger partial charge in [0.05, 0.1) is 11.3 Å². The first kappa shape index (κ1) is 6.88.